The smallest absolute Gasteiger partial charge is 0.251 e. The number of hydrogen-bond acceptors (Lipinski definition) is 4. The maximum Gasteiger partial charge on any atom is 0.251 e. The SMILES string of the molecule is CCNC(=NCCCCn1ccccc1=O)N1CCN(C(=O)C2CCCO2)CC1.I. The maximum absolute atomic E-state index is 12.5. The van der Waals surface area contributed by atoms with Crippen molar-refractivity contribution in [3.05, 3.63) is 34.7 Å². The number of nitrogens with zero attached hydrogens (tertiary/aromatic N) is 4. The van der Waals surface area contributed by atoms with Crippen molar-refractivity contribution in [2.75, 3.05) is 45.9 Å². The molecule has 0 radical (unpaired) electrons. The van der Waals surface area contributed by atoms with Crippen LogP contribution in [0.1, 0.15) is 32.6 Å². The first-order valence-corrected chi connectivity index (χ1v) is 10.8. The summed E-state index contributed by atoms with van der Waals surface area (Å²) < 4.78 is 7.27. The Morgan fingerprint density at radius 1 is 1.20 bits per heavy atom. The Hall–Kier alpha value is -1.62. The second-order valence-corrected chi connectivity index (χ2v) is 7.49. The van der Waals surface area contributed by atoms with E-state index in [1.165, 1.54) is 0 Å². The average Bonchev–Trinajstić information content (AvgIpc) is 3.28. The summed E-state index contributed by atoms with van der Waals surface area (Å²) in [4.78, 5) is 33.1. The zero-order valence-electron chi connectivity index (χ0n) is 17.8. The van der Waals surface area contributed by atoms with E-state index in [1.54, 1.807) is 16.7 Å². The molecule has 2 fully saturated rings. The number of hydrogen-bond donors (Lipinski definition) is 1. The minimum atomic E-state index is -0.236. The van der Waals surface area contributed by atoms with Gasteiger partial charge in [-0.1, -0.05) is 6.07 Å². The van der Waals surface area contributed by atoms with Crippen molar-refractivity contribution in [2.24, 2.45) is 4.99 Å². The van der Waals surface area contributed by atoms with E-state index in [1.807, 2.05) is 17.2 Å². The van der Waals surface area contributed by atoms with Crippen LogP contribution in [0.3, 0.4) is 0 Å². The zero-order chi connectivity index (χ0) is 20.5. The fraction of sp³-hybridized carbons (Fsp3) is 0.667. The summed E-state index contributed by atoms with van der Waals surface area (Å²) in [6.45, 7) is 8.00. The number of carbonyl (C=O) groups excluding carboxylic acids is 1. The topological polar surface area (TPSA) is 79.2 Å². The van der Waals surface area contributed by atoms with Gasteiger partial charge < -0.3 is 24.4 Å². The number of halogens is 1. The number of amides is 1. The lowest BCUT2D eigenvalue weighted by molar-refractivity contribution is -0.142. The normalized spacial score (nSPS) is 19.5. The quantitative estimate of drug-likeness (QED) is 0.250. The number of aryl methyl sites for hydroxylation is 1. The molecule has 1 N–H and O–H groups in total. The standard InChI is InChI=1S/C21H33N5O3.HI/c1-2-22-21(23-10-4-6-12-24-11-5-3-9-19(24)27)26-15-13-25(14-16-26)20(28)18-8-7-17-29-18;/h3,5,9,11,18H,2,4,6-8,10,12-17H2,1H3,(H,22,23);1H. The molecule has 2 aliphatic heterocycles. The largest absolute Gasteiger partial charge is 0.368 e. The second-order valence-electron chi connectivity index (χ2n) is 7.49. The minimum absolute atomic E-state index is 0. The van der Waals surface area contributed by atoms with Crippen molar-refractivity contribution in [1.29, 1.82) is 0 Å². The Labute approximate surface area is 195 Å². The summed E-state index contributed by atoms with van der Waals surface area (Å²) in [5, 5.41) is 3.36. The molecule has 0 saturated carbocycles. The molecule has 1 unspecified atom stereocenters. The van der Waals surface area contributed by atoms with Gasteiger partial charge in [-0.15, -0.1) is 24.0 Å². The maximum atomic E-state index is 12.5. The number of nitrogens with one attached hydrogen (secondary N) is 1. The molecular formula is C21H34IN5O3. The monoisotopic (exact) mass is 531 g/mol. The molecule has 168 valence electrons. The summed E-state index contributed by atoms with van der Waals surface area (Å²) in [5.41, 5.74) is 0.0414. The Bertz CT molecular complexity index is 740. The molecule has 1 aromatic rings. The minimum Gasteiger partial charge on any atom is -0.368 e. The predicted octanol–water partition coefficient (Wildman–Crippen LogP) is 1.54. The van der Waals surface area contributed by atoms with Crippen molar-refractivity contribution >= 4 is 35.8 Å². The summed E-state index contributed by atoms with van der Waals surface area (Å²) in [6, 6.07) is 5.23. The Morgan fingerprint density at radius 2 is 1.97 bits per heavy atom. The lowest BCUT2D eigenvalue weighted by atomic mass is 10.2. The van der Waals surface area contributed by atoms with Gasteiger partial charge in [0.25, 0.3) is 5.91 Å². The molecule has 1 aromatic heterocycles. The summed E-state index contributed by atoms with van der Waals surface area (Å²) >= 11 is 0. The van der Waals surface area contributed by atoms with E-state index in [4.69, 9.17) is 9.73 Å². The van der Waals surface area contributed by atoms with Gasteiger partial charge in [-0.25, -0.2) is 0 Å². The van der Waals surface area contributed by atoms with Gasteiger partial charge in [-0.2, -0.15) is 0 Å². The van der Waals surface area contributed by atoms with Crippen molar-refractivity contribution in [3.8, 4) is 0 Å². The summed E-state index contributed by atoms with van der Waals surface area (Å²) in [5.74, 6) is 1.05. The highest BCUT2D eigenvalue weighted by Crippen LogP contribution is 2.16. The van der Waals surface area contributed by atoms with Crippen molar-refractivity contribution < 1.29 is 9.53 Å². The number of guanidine groups is 1. The van der Waals surface area contributed by atoms with Crippen molar-refractivity contribution in [1.82, 2.24) is 19.7 Å². The molecule has 30 heavy (non-hydrogen) atoms. The third kappa shape index (κ3) is 6.97. The van der Waals surface area contributed by atoms with Crippen molar-refractivity contribution in [3.63, 3.8) is 0 Å². The van der Waals surface area contributed by atoms with Crippen molar-refractivity contribution in [2.45, 2.75) is 45.3 Å². The van der Waals surface area contributed by atoms with Crippen LogP contribution < -0.4 is 10.9 Å². The van der Waals surface area contributed by atoms with E-state index < -0.39 is 0 Å². The highest BCUT2D eigenvalue weighted by molar-refractivity contribution is 14.0. The number of ether oxygens (including phenoxy) is 1. The van der Waals surface area contributed by atoms with E-state index in [-0.39, 0.29) is 41.5 Å². The van der Waals surface area contributed by atoms with Crippen LogP contribution in [0.25, 0.3) is 0 Å². The molecule has 0 bridgehead atoms. The van der Waals surface area contributed by atoms with Gasteiger partial charge >= 0.3 is 0 Å². The first kappa shape index (κ1) is 24.6. The van der Waals surface area contributed by atoms with Gasteiger partial charge in [-0.05, 0) is 38.7 Å². The van der Waals surface area contributed by atoms with E-state index in [2.05, 4.69) is 17.1 Å². The van der Waals surface area contributed by atoms with E-state index >= 15 is 0 Å². The third-order valence-corrected chi connectivity index (χ3v) is 5.40. The lowest BCUT2D eigenvalue weighted by Crippen LogP contribution is -2.55. The molecule has 3 heterocycles. The van der Waals surface area contributed by atoms with Crippen LogP contribution in [0.2, 0.25) is 0 Å². The van der Waals surface area contributed by atoms with Crippen LogP contribution in [0.5, 0.6) is 0 Å². The molecule has 8 nitrogen and oxygen atoms in total. The van der Waals surface area contributed by atoms with E-state index in [9.17, 15) is 9.59 Å². The van der Waals surface area contributed by atoms with E-state index in [0.29, 0.717) is 19.7 Å². The van der Waals surface area contributed by atoms with Gasteiger partial charge in [-0.3, -0.25) is 14.6 Å². The highest BCUT2D eigenvalue weighted by atomic mass is 127. The Balaban J connectivity index is 0.00000320. The fourth-order valence-electron chi connectivity index (χ4n) is 3.76. The van der Waals surface area contributed by atoms with Crippen LogP contribution >= 0.6 is 24.0 Å². The molecule has 0 aliphatic carbocycles. The first-order chi connectivity index (χ1) is 14.2. The number of rotatable bonds is 7. The number of pyridine rings is 1. The van der Waals surface area contributed by atoms with Gasteiger partial charge in [0.2, 0.25) is 5.56 Å². The number of aliphatic imine (C=N–C) groups is 1. The number of piperazine rings is 1. The molecule has 9 heteroatoms. The summed E-state index contributed by atoms with van der Waals surface area (Å²) in [6.07, 6.45) is 5.25. The number of aromatic nitrogens is 1. The number of unbranched alkanes of at least 4 members (excludes halogenated alkanes) is 1. The Kier molecular flexibility index (Phi) is 10.6. The van der Waals surface area contributed by atoms with Gasteiger partial charge in [0, 0.05) is 64.7 Å². The van der Waals surface area contributed by atoms with Crippen LogP contribution in [0.15, 0.2) is 34.2 Å². The van der Waals surface area contributed by atoms with E-state index in [0.717, 1.165) is 64.4 Å². The van der Waals surface area contributed by atoms with Crippen LogP contribution in [-0.2, 0) is 16.1 Å². The molecule has 2 saturated heterocycles. The summed E-state index contributed by atoms with van der Waals surface area (Å²) in [7, 11) is 0. The first-order valence-electron chi connectivity index (χ1n) is 10.8. The van der Waals surface area contributed by atoms with Crippen LogP contribution in [0, 0.1) is 0 Å². The Morgan fingerprint density at radius 3 is 2.63 bits per heavy atom. The molecule has 1 atom stereocenters. The molecule has 0 aromatic carbocycles. The van der Waals surface area contributed by atoms with Gasteiger partial charge in [0.15, 0.2) is 5.96 Å². The average molecular weight is 531 g/mol. The van der Waals surface area contributed by atoms with Crippen LogP contribution in [-0.4, -0.2) is 78.2 Å². The predicted molar refractivity (Wildman–Crippen MR) is 128 cm³/mol. The van der Waals surface area contributed by atoms with Gasteiger partial charge in [0.05, 0.1) is 0 Å². The second kappa shape index (κ2) is 12.9. The number of carbonyl (C=O) groups is 1. The molecule has 0 spiro atoms. The van der Waals surface area contributed by atoms with Gasteiger partial charge in [0.1, 0.15) is 6.10 Å². The zero-order valence-corrected chi connectivity index (χ0v) is 20.1. The molecular weight excluding hydrogens is 497 g/mol. The fourth-order valence-corrected chi connectivity index (χ4v) is 3.76. The molecule has 2 aliphatic rings. The molecule has 1 amide bonds. The third-order valence-electron chi connectivity index (χ3n) is 5.40. The lowest BCUT2D eigenvalue weighted by Gasteiger charge is -2.37. The molecule has 3 rings (SSSR count). The highest BCUT2D eigenvalue weighted by Gasteiger charge is 2.30. The van der Waals surface area contributed by atoms with Crippen LogP contribution in [0.4, 0.5) is 0 Å².